The van der Waals surface area contributed by atoms with Crippen LogP contribution in [0.25, 0.3) is 0 Å². The standard InChI is InChI=1S/C17H20O4/c1-3-17(8-6-12(18)7-9-17)13-4-5-14(19-2)16-15(13)20-10-11-21-16/h3-5H,1,6-11H2,2H3. The molecule has 112 valence electrons. The Hall–Kier alpha value is -1.97. The van der Waals surface area contributed by atoms with E-state index in [0.29, 0.717) is 43.3 Å². The summed E-state index contributed by atoms with van der Waals surface area (Å²) in [5.41, 5.74) is 0.839. The Morgan fingerprint density at radius 3 is 2.48 bits per heavy atom. The van der Waals surface area contributed by atoms with Crippen LogP contribution in [0.3, 0.4) is 0 Å². The van der Waals surface area contributed by atoms with Crippen molar-refractivity contribution in [2.75, 3.05) is 20.3 Å². The third kappa shape index (κ3) is 2.28. The molecular formula is C17H20O4. The Bertz CT molecular complexity index is 566. The number of ketones is 1. The van der Waals surface area contributed by atoms with Crippen LogP contribution >= 0.6 is 0 Å². The fraction of sp³-hybridized carbons (Fsp3) is 0.471. The maximum atomic E-state index is 11.6. The molecule has 0 unspecified atom stereocenters. The highest BCUT2D eigenvalue weighted by molar-refractivity contribution is 5.80. The molecule has 1 aliphatic carbocycles. The summed E-state index contributed by atoms with van der Waals surface area (Å²) < 4.78 is 17.0. The number of allylic oxidation sites excluding steroid dienone is 1. The van der Waals surface area contributed by atoms with Gasteiger partial charge in [-0.15, -0.1) is 6.58 Å². The van der Waals surface area contributed by atoms with Crippen LogP contribution in [0.4, 0.5) is 0 Å². The van der Waals surface area contributed by atoms with Gasteiger partial charge in [-0.05, 0) is 18.9 Å². The van der Waals surface area contributed by atoms with Crippen molar-refractivity contribution >= 4 is 5.78 Å². The van der Waals surface area contributed by atoms with Gasteiger partial charge >= 0.3 is 0 Å². The van der Waals surface area contributed by atoms with Gasteiger partial charge < -0.3 is 14.2 Å². The number of methoxy groups -OCH3 is 1. The Morgan fingerprint density at radius 1 is 1.19 bits per heavy atom. The van der Waals surface area contributed by atoms with Gasteiger partial charge in [0.1, 0.15) is 19.0 Å². The molecule has 1 saturated carbocycles. The number of ether oxygens (including phenoxy) is 3. The maximum absolute atomic E-state index is 11.6. The van der Waals surface area contributed by atoms with E-state index in [2.05, 4.69) is 6.58 Å². The van der Waals surface area contributed by atoms with Crippen LogP contribution in [-0.4, -0.2) is 26.1 Å². The Morgan fingerprint density at radius 2 is 1.86 bits per heavy atom. The van der Waals surface area contributed by atoms with E-state index >= 15 is 0 Å². The number of hydrogen-bond acceptors (Lipinski definition) is 4. The Balaban J connectivity index is 2.09. The van der Waals surface area contributed by atoms with E-state index in [-0.39, 0.29) is 5.41 Å². The third-order valence-corrected chi connectivity index (χ3v) is 4.50. The van der Waals surface area contributed by atoms with Crippen molar-refractivity contribution in [1.29, 1.82) is 0 Å². The van der Waals surface area contributed by atoms with Crippen molar-refractivity contribution < 1.29 is 19.0 Å². The summed E-state index contributed by atoms with van der Waals surface area (Å²) in [5, 5.41) is 0. The summed E-state index contributed by atoms with van der Waals surface area (Å²) in [6.45, 7) is 5.06. The molecule has 21 heavy (non-hydrogen) atoms. The van der Waals surface area contributed by atoms with E-state index in [1.165, 1.54) is 0 Å². The third-order valence-electron chi connectivity index (χ3n) is 4.50. The molecule has 0 radical (unpaired) electrons. The number of fused-ring (bicyclic) bond motifs is 1. The lowest BCUT2D eigenvalue weighted by molar-refractivity contribution is -0.121. The van der Waals surface area contributed by atoms with Gasteiger partial charge in [0, 0.05) is 23.8 Å². The zero-order valence-corrected chi connectivity index (χ0v) is 12.3. The lowest BCUT2D eigenvalue weighted by Gasteiger charge is -2.37. The number of Topliss-reactive ketones (excluding diaryl/α,β-unsaturated/α-hetero) is 1. The lowest BCUT2D eigenvalue weighted by atomic mass is 9.69. The average Bonchev–Trinajstić information content (AvgIpc) is 2.55. The van der Waals surface area contributed by atoms with E-state index in [1.54, 1.807) is 7.11 Å². The van der Waals surface area contributed by atoms with Gasteiger partial charge in [0.15, 0.2) is 11.5 Å². The van der Waals surface area contributed by atoms with Gasteiger partial charge in [-0.25, -0.2) is 0 Å². The smallest absolute Gasteiger partial charge is 0.204 e. The highest BCUT2D eigenvalue weighted by Crippen LogP contribution is 2.50. The molecule has 2 aliphatic rings. The highest BCUT2D eigenvalue weighted by atomic mass is 16.6. The molecule has 1 aromatic rings. The van der Waals surface area contributed by atoms with Crippen LogP contribution < -0.4 is 14.2 Å². The molecule has 3 rings (SSSR count). The van der Waals surface area contributed by atoms with Gasteiger partial charge in [-0.2, -0.15) is 0 Å². The minimum atomic E-state index is -0.217. The van der Waals surface area contributed by atoms with Crippen molar-refractivity contribution in [2.24, 2.45) is 0 Å². The average molecular weight is 288 g/mol. The summed E-state index contributed by atoms with van der Waals surface area (Å²) in [6.07, 6.45) is 4.69. The van der Waals surface area contributed by atoms with Crippen LogP contribution in [0.2, 0.25) is 0 Å². The van der Waals surface area contributed by atoms with E-state index < -0.39 is 0 Å². The molecule has 0 saturated heterocycles. The van der Waals surface area contributed by atoms with Gasteiger partial charge in [0.25, 0.3) is 0 Å². The molecule has 1 aromatic carbocycles. The van der Waals surface area contributed by atoms with Crippen molar-refractivity contribution in [3.63, 3.8) is 0 Å². The molecule has 0 spiro atoms. The van der Waals surface area contributed by atoms with Crippen LogP contribution in [-0.2, 0) is 10.2 Å². The van der Waals surface area contributed by atoms with Crippen LogP contribution in [0.15, 0.2) is 24.8 Å². The van der Waals surface area contributed by atoms with Crippen molar-refractivity contribution in [3.8, 4) is 17.2 Å². The first kappa shape index (κ1) is 14.0. The zero-order valence-electron chi connectivity index (χ0n) is 12.3. The SMILES string of the molecule is C=CC1(c2ccc(OC)c3c2OCCO3)CCC(=O)CC1. The van der Waals surface area contributed by atoms with E-state index in [0.717, 1.165) is 24.2 Å². The summed E-state index contributed by atoms with van der Waals surface area (Å²) in [5.74, 6) is 2.42. The Kier molecular flexibility index (Phi) is 3.62. The lowest BCUT2D eigenvalue weighted by Crippen LogP contribution is -2.31. The normalized spacial score (nSPS) is 20.0. The summed E-state index contributed by atoms with van der Waals surface area (Å²) in [6, 6.07) is 3.92. The zero-order chi connectivity index (χ0) is 14.9. The van der Waals surface area contributed by atoms with Crippen molar-refractivity contribution in [2.45, 2.75) is 31.1 Å². The predicted molar refractivity (Wildman–Crippen MR) is 79.3 cm³/mol. The van der Waals surface area contributed by atoms with Crippen LogP contribution in [0.5, 0.6) is 17.2 Å². The summed E-state index contributed by atoms with van der Waals surface area (Å²) in [7, 11) is 1.62. The van der Waals surface area contributed by atoms with Gasteiger partial charge in [-0.3, -0.25) is 4.79 Å². The molecule has 0 aromatic heterocycles. The van der Waals surface area contributed by atoms with Crippen LogP contribution in [0.1, 0.15) is 31.2 Å². The molecule has 1 heterocycles. The molecule has 0 N–H and O–H groups in total. The number of carbonyl (C=O) groups is 1. The van der Waals surface area contributed by atoms with Crippen molar-refractivity contribution in [1.82, 2.24) is 0 Å². The van der Waals surface area contributed by atoms with Gasteiger partial charge in [0.05, 0.1) is 7.11 Å². The number of hydrogen-bond donors (Lipinski definition) is 0. The fourth-order valence-corrected chi connectivity index (χ4v) is 3.22. The molecule has 0 bridgehead atoms. The molecule has 0 amide bonds. The predicted octanol–water partition coefficient (Wildman–Crippen LogP) is 3.03. The second-order valence-corrected chi connectivity index (χ2v) is 5.57. The van der Waals surface area contributed by atoms with Crippen LogP contribution in [0, 0.1) is 0 Å². The topological polar surface area (TPSA) is 44.8 Å². The van der Waals surface area contributed by atoms with Gasteiger partial charge in [0.2, 0.25) is 5.75 Å². The molecule has 1 fully saturated rings. The first-order chi connectivity index (χ1) is 10.2. The van der Waals surface area contributed by atoms with E-state index in [1.807, 2.05) is 18.2 Å². The summed E-state index contributed by atoms with van der Waals surface area (Å²) in [4.78, 5) is 11.6. The maximum Gasteiger partial charge on any atom is 0.204 e. The quantitative estimate of drug-likeness (QED) is 0.802. The first-order valence-corrected chi connectivity index (χ1v) is 7.32. The van der Waals surface area contributed by atoms with E-state index in [9.17, 15) is 4.79 Å². The molecule has 1 aliphatic heterocycles. The van der Waals surface area contributed by atoms with Gasteiger partial charge in [-0.1, -0.05) is 12.1 Å². The van der Waals surface area contributed by atoms with E-state index in [4.69, 9.17) is 14.2 Å². The fourth-order valence-electron chi connectivity index (χ4n) is 3.22. The number of benzene rings is 1. The number of rotatable bonds is 3. The van der Waals surface area contributed by atoms with Crippen molar-refractivity contribution in [3.05, 3.63) is 30.4 Å². The highest BCUT2D eigenvalue weighted by Gasteiger charge is 2.38. The molecule has 0 atom stereocenters. The second-order valence-electron chi connectivity index (χ2n) is 5.57. The second kappa shape index (κ2) is 5.43. The minimum absolute atomic E-state index is 0.217. The molecule has 4 heteroatoms. The molecular weight excluding hydrogens is 268 g/mol. The number of carbonyl (C=O) groups excluding carboxylic acids is 1. The minimum Gasteiger partial charge on any atom is -0.493 e. The largest absolute Gasteiger partial charge is 0.493 e. The first-order valence-electron chi connectivity index (χ1n) is 7.32. The Labute approximate surface area is 124 Å². The monoisotopic (exact) mass is 288 g/mol. The molecule has 4 nitrogen and oxygen atoms in total. The summed E-state index contributed by atoms with van der Waals surface area (Å²) >= 11 is 0.